The fraction of sp³-hybridized carbons (Fsp3) is 0. The monoisotopic (exact) mass is 551 g/mol. The number of nitrogens with zero attached hydrogens (tertiary/aromatic N) is 1. The van der Waals surface area contributed by atoms with Gasteiger partial charge in [-0.1, -0.05) is 91.0 Å². The summed E-state index contributed by atoms with van der Waals surface area (Å²) in [6.07, 6.45) is 0. The van der Waals surface area contributed by atoms with Gasteiger partial charge >= 0.3 is 0 Å². The van der Waals surface area contributed by atoms with Crippen LogP contribution in [0.5, 0.6) is 0 Å². The van der Waals surface area contributed by atoms with Crippen molar-refractivity contribution in [3.63, 3.8) is 0 Å². The zero-order valence-corrected chi connectivity index (χ0v) is 23.2. The average molecular weight is 552 g/mol. The molecule has 0 fully saturated rings. The number of para-hydroxylation sites is 2. The van der Waals surface area contributed by atoms with Crippen LogP contribution in [0.4, 0.5) is 17.1 Å². The van der Waals surface area contributed by atoms with Gasteiger partial charge in [0, 0.05) is 44.7 Å². The third-order valence-electron chi connectivity index (χ3n) is 8.44. The topological polar surface area (TPSA) is 29.5 Å². The van der Waals surface area contributed by atoms with Crippen molar-refractivity contribution in [2.75, 3.05) is 4.90 Å². The highest BCUT2D eigenvalue weighted by molar-refractivity contribution is 6.22. The summed E-state index contributed by atoms with van der Waals surface area (Å²) in [6, 6.07) is 53.0. The van der Waals surface area contributed by atoms with E-state index in [2.05, 4.69) is 138 Å². The standard InChI is InChI=1S/C40H25NO2/c1-3-11-26(12-4-1)34-25-39-40(33-17-8-7-15-30(33)34)35-23-28(20-22-37(35)43-39)41(27-13-5-2-6-14-27)29-19-21-32-31-16-9-10-18-36(31)42-38(32)24-29/h1-25H. The average Bonchev–Trinajstić information content (AvgIpc) is 3.63. The summed E-state index contributed by atoms with van der Waals surface area (Å²) >= 11 is 0. The van der Waals surface area contributed by atoms with Crippen molar-refractivity contribution in [3.05, 3.63) is 152 Å². The highest BCUT2D eigenvalue weighted by atomic mass is 16.3. The van der Waals surface area contributed by atoms with E-state index < -0.39 is 0 Å². The Hall–Kier alpha value is -5.80. The lowest BCUT2D eigenvalue weighted by Crippen LogP contribution is -2.09. The maximum atomic E-state index is 6.53. The Morgan fingerprint density at radius 3 is 1.79 bits per heavy atom. The second-order valence-corrected chi connectivity index (χ2v) is 10.9. The van der Waals surface area contributed by atoms with Gasteiger partial charge in [-0.2, -0.15) is 0 Å². The number of hydrogen-bond donors (Lipinski definition) is 0. The summed E-state index contributed by atoms with van der Waals surface area (Å²) in [7, 11) is 0. The molecular formula is C40H25NO2. The second-order valence-electron chi connectivity index (χ2n) is 10.9. The Labute approximate surface area is 247 Å². The lowest BCUT2D eigenvalue weighted by atomic mass is 9.95. The predicted molar refractivity (Wildman–Crippen MR) is 179 cm³/mol. The molecule has 0 aliphatic rings. The van der Waals surface area contributed by atoms with Crippen molar-refractivity contribution in [1.29, 1.82) is 0 Å². The number of fused-ring (bicyclic) bond motifs is 8. The minimum atomic E-state index is 0.869. The first-order chi connectivity index (χ1) is 21.3. The highest BCUT2D eigenvalue weighted by Gasteiger charge is 2.19. The van der Waals surface area contributed by atoms with Gasteiger partial charge in [0.25, 0.3) is 0 Å². The Morgan fingerprint density at radius 1 is 0.349 bits per heavy atom. The molecular weight excluding hydrogens is 526 g/mol. The summed E-state index contributed by atoms with van der Waals surface area (Å²) < 4.78 is 12.8. The molecule has 202 valence electrons. The summed E-state index contributed by atoms with van der Waals surface area (Å²) in [5, 5.41) is 6.86. The molecule has 43 heavy (non-hydrogen) atoms. The van der Waals surface area contributed by atoms with Crippen LogP contribution in [0.2, 0.25) is 0 Å². The second kappa shape index (κ2) is 9.37. The minimum Gasteiger partial charge on any atom is -0.456 e. The number of benzene rings is 7. The van der Waals surface area contributed by atoms with Crippen molar-refractivity contribution < 1.29 is 8.83 Å². The normalized spacial score (nSPS) is 11.7. The third kappa shape index (κ3) is 3.75. The molecule has 0 aliphatic heterocycles. The Kier molecular flexibility index (Phi) is 5.20. The number of furan rings is 2. The predicted octanol–water partition coefficient (Wildman–Crippen LogP) is 11.8. The van der Waals surface area contributed by atoms with Gasteiger partial charge < -0.3 is 13.7 Å². The van der Waals surface area contributed by atoms with E-state index in [-0.39, 0.29) is 0 Å². The van der Waals surface area contributed by atoms with Gasteiger partial charge in [-0.15, -0.1) is 0 Å². The molecule has 7 aromatic carbocycles. The van der Waals surface area contributed by atoms with Gasteiger partial charge in [0.2, 0.25) is 0 Å². The molecule has 0 unspecified atom stereocenters. The van der Waals surface area contributed by atoms with Crippen LogP contribution in [0.3, 0.4) is 0 Å². The van der Waals surface area contributed by atoms with E-state index >= 15 is 0 Å². The van der Waals surface area contributed by atoms with Gasteiger partial charge in [-0.25, -0.2) is 0 Å². The summed E-state index contributed by atoms with van der Waals surface area (Å²) in [4.78, 5) is 2.28. The highest BCUT2D eigenvalue weighted by Crippen LogP contribution is 2.43. The van der Waals surface area contributed by atoms with Crippen molar-refractivity contribution in [1.82, 2.24) is 0 Å². The molecule has 0 aliphatic carbocycles. The number of rotatable bonds is 4. The zero-order valence-electron chi connectivity index (χ0n) is 23.2. The Balaban J connectivity index is 1.28. The molecule has 9 aromatic rings. The minimum absolute atomic E-state index is 0.869. The van der Waals surface area contributed by atoms with Crippen LogP contribution in [0.1, 0.15) is 0 Å². The first-order valence-corrected chi connectivity index (χ1v) is 14.5. The summed E-state index contributed by atoms with van der Waals surface area (Å²) in [5.41, 5.74) is 9.03. The van der Waals surface area contributed by atoms with Gasteiger partial charge in [-0.3, -0.25) is 0 Å². The van der Waals surface area contributed by atoms with E-state index in [0.29, 0.717) is 0 Å². The molecule has 0 bridgehead atoms. The lowest BCUT2D eigenvalue weighted by Gasteiger charge is -2.25. The van der Waals surface area contributed by atoms with Crippen LogP contribution in [0.25, 0.3) is 65.8 Å². The smallest absolute Gasteiger partial charge is 0.137 e. The van der Waals surface area contributed by atoms with Crippen LogP contribution in [-0.2, 0) is 0 Å². The largest absolute Gasteiger partial charge is 0.456 e. The first-order valence-electron chi connectivity index (χ1n) is 14.5. The van der Waals surface area contributed by atoms with E-state index in [1.807, 2.05) is 18.2 Å². The van der Waals surface area contributed by atoms with E-state index in [0.717, 1.165) is 60.9 Å². The van der Waals surface area contributed by atoms with Gasteiger partial charge in [0.05, 0.1) is 0 Å². The third-order valence-corrected chi connectivity index (χ3v) is 8.44. The zero-order chi connectivity index (χ0) is 28.3. The maximum Gasteiger partial charge on any atom is 0.137 e. The molecule has 3 heteroatoms. The van der Waals surface area contributed by atoms with Crippen LogP contribution in [0, 0.1) is 0 Å². The Bertz CT molecular complexity index is 2450. The van der Waals surface area contributed by atoms with Crippen molar-refractivity contribution in [2.24, 2.45) is 0 Å². The van der Waals surface area contributed by atoms with Crippen molar-refractivity contribution in [3.8, 4) is 11.1 Å². The van der Waals surface area contributed by atoms with Crippen molar-refractivity contribution >= 4 is 71.7 Å². The molecule has 0 radical (unpaired) electrons. The van der Waals surface area contributed by atoms with Crippen LogP contribution >= 0.6 is 0 Å². The molecule has 9 rings (SSSR count). The van der Waals surface area contributed by atoms with Crippen molar-refractivity contribution in [2.45, 2.75) is 0 Å². The molecule has 0 atom stereocenters. The van der Waals surface area contributed by atoms with Gasteiger partial charge in [0.15, 0.2) is 0 Å². The quantitative estimate of drug-likeness (QED) is 0.218. The molecule has 0 N–H and O–H groups in total. The molecule has 0 saturated heterocycles. The lowest BCUT2D eigenvalue weighted by molar-refractivity contribution is 0.668. The first kappa shape index (κ1) is 23.9. The number of anilines is 3. The molecule has 0 saturated carbocycles. The summed E-state index contributed by atoms with van der Waals surface area (Å²) in [5.74, 6) is 0. The van der Waals surface area contributed by atoms with E-state index in [1.165, 1.54) is 21.9 Å². The molecule has 2 heterocycles. The van der Waals surface area contributed by atoms with Crippen LogP contribution in [0.15, 0.2) is 160 Å². The molecule has 3 nitrogen and oxygen atoms in total. The fourth-order valence-corrected chi connectivity index (χ4v) is 6.50. The SMILES string of the molecule is c1ccc(-c2cc3oc4ccc(N(c5ccccc5)c5ccc6c(c5)oc5ccccc56)cc4c3c3ccccc23)cc1. The fourth-order valence-electron chi connectivity index (χ4n) is 6.50. The van der Waals surface area contributed by atoms with E-state index in [4.69, 9.17) is 8.83 Å². The van der Waals surface area contributed by atoms with E-state index in [9.17, 15) is 0 Å². The van der Waals surface area contributed by atoms with Crippen LogP contribution < -0.4 is 4.90 Å². The van der Waals surface area contributed by atoms with Gasteiger partial charge in [-0.05, 0) is 76.5 Å². The maximum absolute atomic E-state index is 6.53. The van der Waals surface area contributed by atoms with Crippen LogP contribution in [-0.4, -0.2) is 0 Å². The Morgan fingerprint density at radius 2 is 0.953 bits per heavy atom. The molecule has 0 amide bonds. The summed E-state index contributed by atoms with van der Waals surface area (Å²) in [6.45, 7) is 0. The molecule has 0 spiro atoms. The van der Waals surface area contributed by atoms with E-state index in [1.54, 1.807) is 0 Å². The molecule has 2 aromatic heterocycles. The van der Waals surface area contributed by atoms with Gasteiger partial charge in [0.1, 0.15) is 22.3 Å². The number of hydrogen-bond acceptors (Lipinski definition) is 3.